The fraction of sp³-hybridized carbons (Fsp3) is 0.136. The molecule has 0 bridgehead atoms. The maximum Gasteiger partial charge on any atom is 0.240 e. The zero-order chi connectivity index (χ0) is 20.0. The molecule has 0 aromatic heterocycles. The second kappa shape index (κ2) is 10.3. The molecule has 0 saturated heterocycles. The molecule has 0 radical (unpaired) electrons. The number of amidine groups is 1. The summed E-state index contributed by atoms with van der Waals surface area (Å²) < 4.78 is 27.5. The Bertz CT molecular complexity index is 1070. The smallest absolute Gasteiger partial charge is 0.240 e. The molecule has 0 saturated carbocycles. The van der Waals surface area contributed by atoms with Crippen LogP contribution >= 0.6 is 17.0 Å². The van der Waals surface area contributed by atoms with E-state index in [4.69, 9.17) is 5.73 Å². The van der Waals surface area contributed by atoms with Crippen LogP contribution in [0.15, 0.2) is 88.8 Å². The van der Waals surface area contributed by atoms with Gasteiger partial charge in [0.2, 0.25) is 10.0 Å². The number of aliphatic imine (C=N–C) groups is 1. The molecule has 3 aromatic carbocycles. The van der Waals surface area contributed by atoms with E-state index in [-0.39, 0.29) is 28.4 Å². The Morgan fingerprint density at radius 2 is 1.59 bits per heavy atom. The quantitative estimate of drug-likeness (QED) is 0.402. The van der Waals surface area contributed by atoms with Crippen LogP contribution < -0.4 is 10.5 Å². The Morgan fingerprint density at radius 3 is 2.28 bits per heavy atom. The van der Waals surface area contributed by atoms with Gasteiger partial charge in [-0.25, -0.2) is 13.1 Å². The molecular weight excluding hydrogens is 450 g/mol. The summed E-state index contributed by atoms with van der Waals surface area (Å²) in [4.78, 5) is 4.69. The summed E-state index contributed by atoms with van der Waals surface area (Å²) in [5, 5.41) is 0. The third-order valence-corrected chi connectivity index (χ3v) is 5.71. The zero-order valence-corrected chi connectivity index (χ0v) is 18.6. The topological polar surface area (TPSA) is 84.5 Å². The van der Waals surface area contributed by atoms with E-state index in [2.05, 4.69) is 9.71 Å². The van der Waals surface area contributed by atoms with Gasteiger partial charge in [0.1, 0.15) is 5.84 Å². The number of nitrogens with zero attached hydrogens (tertiary/aromatic N) is 1. The highest BCUT2D eigenvalue weighted by molar-refractivity contribution is 8.93. The number of benzene rings is 3. The van der Waals surface area contributed by atoms with Crippen molar-refractivity contribution in [2.24, 2.45) is 10.7 Å². The van der Waals surface area contributed by atoms with Crippen LogP contribution in [-0.4, -0.2) is 14.3 Å². The van der Waals surface area contributed by atoms with Crippen molar-refractivity contribution < 1.29 is 8.42 Å². The largest absolute Gasteiger partial charge is 0.383 e. The Kier molecular flexibility index (Phi) is 8.13. The van der Waals surface area contributed by atoms with Crippen molar-refractivity contribution in [3.05, 3.63) is 101 Å². The summed E-state index contributed by atoms with van der Waals surface area (Å²) >= 11 is 0. The number of rotatable bonds is 7. The van der Waals surface area contributed by atoms with Crippen LogP contribution in [0.3, 0.4) is 0 Å². The van der Waals surface area contributed by atoms with Crippen LogP contribution in [0.4, 0.5) is 0 Å². The first kappa shape index (κ1) is 22.8. The van der Waals surface area contributed by atoms with Crippen molar-refractivity contribution in [2.45, 2.75) is 24.9 Å². The molecule has 152 valence electrons. The van der Waals surface area contributed by atoms with E-state index in [0.29, 0.717) is 12.4 Å². The zero-order valence-electron chi connectivity index (χ0n) is 16.1. The molecule has 5 nitrogen and oxygen atoms in total. The summed E-state index contributed by atoms with van der Waals surface area (Å²) in [6.07, 6.45) is 0. The first-order valence-corrected chi connectivity index (χ1v) is 10.4. The van der Waals surface area contributed by atoms with Crippen LogP contribution in [0.5, 0.6) is 0 Å². The first-order valence-electron chi connectivity index (χ1n) is 8.93. The number of aryl methyl sites for hydroxylation is 1. The second-order valence-electron chi connectivity index (χ2n) is 6.53. The van der Waals surface area contributed by atoms with Gasteiger partial charge in [0.15, 0.2) is 0 Å². The van der Waals surface area contributed by atoms with E-state index < -0.39 is 10.0 Å². The van der Waals surface area contributed by atoms with Gasteiger partial charge in [-0.1, -0.05) is 72.3 Å². The van der Waals surface area contributed by atoms with Crippen molar-refractivity contribution in [3.8, 4) is 0 Å². The third-order valence-electron chi connectivity index (χ3n) is 4.29. The van der Waals surface area contributed by atoms with E-state index in [1.54, 1.807) is 24.3 Å². The Balaban J connectivity index is 0.00000300. The van der Waals surface area contributed by atoms with Gasteiger partial charge in [-0.15, -0.1) is 17.0 Å². The number of halogens is 1. The lowest BCUT2D eigenvalue weighted by molar-refractivity contribution is 0.581. The summed E-state index contributed by atoms with van der Waals surface area (Å²) in [6.45, 7) is 2.56. The summed E-state index contributed by atoms with van der Waals surface area (Å²) in [7, 11) is -3.55. The number of hydrogen-bond donors (Lipinski definition) is 2. The minimum Gasteiger partial charge on any atom is -0.383 e. The van der Waals surface area contributed by atoms with Crippen LogP contribution in [-0.2, 0) is 23.1 Å². The predicted molar refractivity (Wildman–Crippen MR) is 123 cm³/mol. The highest BCUT2D eigenvalue weighted by Gasteiger charge is 2.13. The summed E-state index contributed by atoms with van der Waals surface area (Å²) in [6, 6.07) is 24.0. The average Bonchev–Trinajstić information content (AvgIpc) is 2.72. The van der Waals surface area contributed by atoms with Gasteiger partial charge >= 0.3 is 0 Å². The molecule has 0 unspecified atom stereocenters. The predicted octanol–water partition coefficient (Wildman–Crippen LogP) is 3.96. The van der Waals surface area contributed by atoms with Gasteiger partial charge in [0.05, 0.1) is 11.4 Å². The Hall–Kier alpha value is -2.48. The molecule has 0 spiro atoms. The van der Waals surface area contributed by atoms with Gasteiger partial charge in [-0.2, -0.15) is 0 Å². The lowest BCUT2D eigenvalue weighted by Gasteiger charge is -2.08. The highest BCUT2D eigenvalue weighted by atomic mass is 79.9. The monoisotopic (exact) mass is 473 g/mol. The maximum atomic E-state index is 12.4. The van der Waals surface area contributed by atoms with E-state index in [0.717, 1.165) is 22.3 Å². The van der Waals surface area contributed by atoms with Crippen molar-refractivity contribution in [1.82, 2.24) is 4.72 Å². The first-order chi connectivity index (χ1) is 13.4. The number of nitrogens with one attached hydrogen (secondary N) is 1. The van der Waals surface area contributed by atoms with Crippen LogP contribution in [0.25, 0.3) is 0 Å². The second-order valence-corrected chi connectivity index (χ2v) is 8.29. The molecule has 0 fully saturated rings. The molecule has 3 rings (SSSR count). The van der Waals surface area contributed by atoms with Crippen LogP contribution in [0.1, 0.15) is 22.3 Å². The van der Waals surface area contributed by atoms with Crippen molar-refractivity contribution in [2.75, 3.05) is 0 Å². The van der Waals surface area contributed by atoms with Gasteiger partial charge in [0.25, 0.3) is 0 Å². The Labute approximate surface area is 182 Å². The van der Waals surface area contributed by atoms with E-state index in [9.17, 15) is 8.42 Å². The fourth-order valence-electron chi connectivity index (χ4n) is 2.69. The van der Waals surface area contributed by atoms with Gasteiger partial charge in [-0.3, -0.25) is 4.99 Å². The molecule has 7 heteroatoms. The fourth-order valence-corrected chi connectivity index (χ4v) is 3.71. The van der Waals surface area contributed by atoms with Crippen molar-refractivity contribution in [3.63, 3.8) is 0 Å². The SMILES string of the molecule is Br.Cc1ccc(S(=O)(=O)NCc2cccc(CN=C(N)c3ccccc3)c2)cc1. The molecule has 29 heavy (non-hydrogen) atoms. The molecule has 0 aliphatic heterocycles. The minimum absolute atomic E-state index is 0. The average molecular weight is 474 g/mol. The van der Waals surface area contributed by atoms with Crippen molar-refractivity contribution in [1.29, 1.82) is 0 Å². The minimum atomic E-state index is -3.55. The molecule has 0 aliphatic carbocycles. The van der Waals surface area contributed by atoms with Gasteiger partial charge < -0.3 is 5.73 Å². The summed E-state index contributed by atoms with van der Waals surface area (Å²) in [5.74, 6) is 0.478. The maximum absolute atomic E-state index is 12.4. The number of nitrogens with two attached hydrogens (primary N) is 1. The third kappa shape index (κ3) is 6.52. The Morgan fingerprint density at radius 1 is 0.931 bits per heavy atom. The van der Waals surface area contributed by atoms with Crippen LogP contribution in [0, 0.1) is 6.92 Å². The lowest BCUT2D eigenvalue weighted by atomic mass is 10.1. The van der Waals surface area contributed by atoms with Gasteiger partial charge in [0, 0.05) is 12.1 Å². The number of hydrogen-bond acceptors (Lipinski definition) is 3. The van der Waals surface area contributed by atoms with E-state index in [1.165, 1.54) is 0 Å². The molecule has 0 aliphatic rings. The van der Waals surface area contributed by atoms with E-state index in [1.807, 2.05) is 61.5 Å². The normalized spacial score (nSPS) is 11.7. The van der Waals surface area contributed by atoms with Crippen LogP contribution in [0.2, 0.25) is 0 Å². The molecular formula is C22H24BrN3O2S. The van der Waals surface area contributed by atoms with E-state index >= 15 is 0 Å². The molecule has 0 heterocycles. The van der Waals surface area contributed by atoms with Gasteiger partial charge in [-0.05, 0) is 30.2 Å². The summed E-state index contributed by atoms with van der Waals surface area (Å²) in [5.41, 5.74) is 9.75. The molecule has 0 atom stereocenters. The lowest BCUT2D eigenvalue weighted by Crippen LogP contribution is -2.23. The molecule has 0 amide bonds. The van der Waals surface area contributed by atoms with Crippen molar-refractivity contribution >= 4 is 32.8 Å². The standard InChI is InChI=1S/C22H23N3O2S.BrH/c1-17-10-12-21(13-11-17)28(26,27)25-16-19-7-5-6-18(14-19)15-24-22(23)20-8-3-2-4-9-20;/h2-14,25H,15-16H2,1H3,(H2,23,24);1H. The highest BCUT2D eigenvalue weighted by Crippen LogP contribution is 2.12. The number of sulfonamides is 1. The molecule has 3 N–H and O–H groups in total. The molecule has 3 aromatic rings.